The second-order valence-electron chi connectivity index (χ2n) is 8.81. The fraction of sp³-hybridized carbons (Fsp3) is 0. The molecule has 0 fully saturated rings. The van der Waals surface area contributed by atoms with Crippen LogP contribution in [0.5, 0.6) is 34.5 Å². The first-order chi connectivity index (χ1) is 18.7. The Bertz CT molecular complexity index is 1650. The lowest BCUT2D eigenvalue weighted by Crippen LogP contribution is -2.13. The highest BCUT2D eigenvalue weighted by atomic mass is 31.1. The monoisotopic (exact) mass is 538 g/mol. The van der Waals surface area contributed by atoms with Crippen LogP contribution in [0.3, 0.4) is 0 Å². The van der Waals surface area contributed by atoms with Crippen molar-refractivity contribution in [2.24, 2.45) is 0 Å². The summed E-state index contributed by atoms with van der Waals surface area (Å²) in [5.74, 6) is 3.14. The van der Waals surface area contributed by atoms with E-state index in [1.54, 1.807) is 36.4 Å². The van der Waals surface area contributed by atoms with Gasteiger partial charge in [0.2, 0.25) is 0 Å². The molecule has 0 spiro atoms. The van der Waals surface area contributed by atoms with Crippen LogP contribution in [0.2, 0.25) is 0 Å². The summed E-state index contributed by atoms with van der Waals surface area (Å²) < 4.78 is 50.0. The molecule has 0 radical (unpaired) electrons. The molecular weight excluding hydrogens is 518 g/mol. The maximum atomic E-state index is 13.0. The Morgan fingerprint density at radius 2 is 0.895 bits per heavy atom. The van der Waals surface area contributed by atoms with Gasteiger partial charge in [0.05, 0.1) is 10.6 Å². The number of hydrogen-bond acceptors (Lipinski definition) is 6. The number of hydrogen-bond donors (Lipinski definition) is 0. The van der Waals surface area contributed by atoms with Gasteiger partial charge >= 0.3 is 0 Å². The molecule has 2 aliphatic heterocycles. The molecule has 2 heterocycles. The molecule has 8 heteroatoms. The standard InChI is InChI=1S/C30H20O6P2/c31-37-29-23(21-10-1-3-14-25(21)35-37)12-6-16-27(29)33-19-8-5-9-20(18-19)34-28-17-7-13-24-22-11-2-4-15-26(22)36-38(32)30(24)28/h1-18,37-38H. The SMILES string of the molecule is O=[PH]1Oc2ccccc2-c2cccc(Oc3cccc(Oc4cccc5c4[PH](=O)Oc4ccccc4-5)c3)c21. The van der Waals surface area contributed by atoms with E-state index in [2.05, 4.69) is 0 Å². The van der Waals surface area contributed by atoms with E-state index in [9.17, 15) is 9.13 Å². The van der Waals surface area contributed by atoms with Gasteiger partial charge < -0.3 is 18.5 Å². The first-order valence-corrected chi connectivity index (χ1v) is 14.6. The van der Waals surface area contributed by atoms with Gasteiger partial charge in [0.25, 0.3) is 16.1 Å². The van der Waals surface area contributed by atoms with Crippen molar-refractivity contribution in [3.05, 3.63) is 109 Å². The van der Waals surface area contributed by atoms with Crippen molar-refractivity contribution in [1.82, 2.24) is 0 Å². The van der Waals surface area contributed by atoms with Crippen molar-refractivity contribution < 1.29 is 27.7 Å². The smallest absolute Gasteiger partial charge is 0.270 e. The first kappa shape index (κ1) is 22.9. The van der Waals surface area contributed by atoms with Crippen molar-refractivity contribution >= 4 is 26.7 Å². The highest BCUT2D eigenvalue weighted by molar-refractivity contribution is 7.50. The third kappa shape index (κ3) is 3.90. The minimum atomic E-state index is -2.56. The quantitative estimate of drug-likeness (QED) is 0.220. The Hall–Kier alpha value is -4.24. The Labute approximate surface area is 220 Å². The Morgan fingerprint density at radius 3 is 1.39 bits per heavy atom. The molecule has 5 aromatic rings. The first-order valence-electron chi connectivity index (χ1n) is 12.0. The van der Waals surface area contributed by atoms with Gasteiger partial charge in [0.15, 0.2) is 0 Å². The fourth-order valence-electron chi connectivity index (χ4n) is 4.82. The number of benzene rings is 5. The molecule has 5 aromatic carbocycles. The van der Waals surface area contributed by atoms with E-state index in [-0.39, 0.29) is 0 Å². The summed E-state index contributed by atoms with van der Waals surface area (Å²) >= 11 is 0. The Balaban J connectivity index is 1.22. The number of rotatable bonds is 4. The lowest BCUT2D eigenvalue weighted by molar-refractivity contribution is 0.461. The molecular formula is C30H20O6P2. The number of ether oxygens (including phenoxy) is 2. The van der Waals surface area contributed by atoms with E-state index in [0.29, 0.717) is 45.1 Å². The van der Waals surface area contributed by atoms with E-state index in [0.717, 1.165) is 22.3 Å². The van der Waals surface area contributed by atoms with Crippen LogP contribution >= 0.6 is 16.1 Å². The lowest BCUT2D eigenvalue weighted by atomic mass is 10.0. The van der Waals surface area contributed by atoms with Crippen LogP contribution in [-0.2, 0) is 9.13 Å². The molecule has 0 aliphatic carbocycles. The second kappa shape index (κ2) is 9.25. The third-order valence-corrected chi connectivity index (χ3v) is 9.14. The number of para-hydroxylation sites is 2. The van der Waals surface area contributed by atoms with Gasteiger partial charge in [-0.1, -0.05) is 66.7 Å². The highest BCUT2D eigenvalue weighted by Crippen LogP contribution is 2.47. The van der Waals surface area contributed by atoms with Crippen molar-refractivity contribution in [3.8, 4) is 56.8 Å². The summed E-state index contributed by atoms with van der Waals surface area (Å²) in [5, 5.41) is 1.10. The average Bonchev–Trinajstić information content (AvgIpc) is 2.93. The van der Waals surface area contributed by atoms with E-state index in [4.69, 9.17) is 18.5 Å². The Kier molecular flexibility index (Phi) is 5.58. The third-order valence-electron chi connectivity index (χ3n) is 6.48. The molecule has 0 amide bonds. The zero-order chi connectivity index (χ0) is 25.6. The number of fused-ring (bicyclic) bond motifs is 6. The lowest BCUT2D eigenvalue weighted by Gasteiger charge is -2.23. The van der Waals surface area contributed by atoms with Crippen LogP contribution in [0.15, 0.2) is 109 Å². The average molecular weight is 538 g/mol. The van der Waals surface area contributed by atoms with Crippen molar-refractivity contribution in [2.45, 2.75) is 0 Å². The fourth-order valence-corrected chi connectivity index (χ4v) is 7.32. The summed E-state index contributed by atoms with van der Waals surface area (Å²) in [6.45, 7) is 0. The van der Waals surface area contributed by atoms with Gasteiger partial charge in [0.1, 0.15) is 34.5 Å². The molecule has 38 heavy (non-hydrogen) atoms. The van der Waals surface area contributed by atoms with Crippen LogP contribution < -0.4 is 29.1 Å². The van der Waals surface area contributed by atoms with Crippen LogP contribution in [0.1, 0.15) is 0 Å². The van der Waals surface area contributed by atoms with Crippen molar-refractivity contribution in [1.29, 1.82) is 0 Å². The summed E-state index contributed by atoms with van der Waals surface area (Å²) in [4.78, 5) is 0. The van der Waals surface area contributed by atoms with Gasteiger partial charge in [-0.3, -0.25) is 9.13 Å². The zero-order valence-corrected chi connectivity index (χ0v) is 21.8. The molecule has 0 aromatic heterocycles. The summed E-state index contributed by atoms with van der Waals surface area (Å²) in [7, 11) is -5.12. The van der Waals surface area contributed by atoms with Gasteiger partial charge in [-0.2, -0.15) is 0 Å². The molecule has 7 rings (SSSR count). The predicted octanol–water partition coefficient (Wildman–Crippen LogP) is 7.59. The highest BCUT2D eigenvalue weighted by Gasteiger charge is 2.27. The van der Waals surface area contributed by atoms with Crippen LogP contribution in [0.25, 0.3) is 22.3 Å². The van der Waals surface area contributed by atoms with Gasteiger partial charge in [-0.15, -0.1) is 0 Å². The summed E-state index contributed by atoms with van der Waals surface area (Å²) in [6, 6.07) is 33.3. The van der Waals surface area contributed by atoms with Crippen molar-refractivity contribution in [3.63, 3.8) is 0 Å². The zero-order valence-electron chi connectivity index (χ0n) is 19.8. The van der Waals surface area contributed by atoms with E-state index < -0.39 is 16.1 Å². The second-order valence-corrected chi connectivity index (χ2v) is 11.4. The molecule has 6 nitrogen and oxygen atoms in total. The maximum Gasteiger partial charge on any atom is 0.270 e. The largest absolute Gasteiger partial charge is 0.456 e. The molecule has 0 saturated carbocycles. The van der Waals surface area contributed by atoms with Gasteiger partial charge in [-0.25, -0.2) is 0 Å². The summed E-state index contributed by atoms with van der Waals surface area (Å²) in [6.07, 6.45) is 0. The van der Waals surface area contributed by atoms with Crippen LogP contribution in [0, 0.1) is 0 Å². The van der Waals surface area contributed by atoms with E-state index in [1.807, 2.05) is 72.8 Å². The maximum absolute atomic E-state index is 13.0. The van der Waals surface area contributed by atoms with Crippen molar-refractivity contribution in [2.75, 3.05) is 0 Å². The summed E-state index contributed by atoms with van der Waals surface area (Å²) in [5.41, 5.74) is 3.42. The molecule has 0 bridgehead atoms. The molecule has 186 valence electrons. The molecule has 0 saturated heterocycles. The predicted molar refractivity (Wildman–Crippen MR) is 149 cm³/mol. The normalized spacial score (nSPS) is 16.5. The molecule has 2 atom stereocenters. The van der Waals surface area contributed by atoms with Crippen LogP contribution in [-0.4, -0.2) is 0 Å². The molecule has 2 unspecified atom stereocenters. The minimum absolute atomic E-state index is 0.463. The Morgan fingerprint density at radius 1 is 0.474 bits per heavy atom. The topological polar surface area (TPSA) is 71.1 Å². The van der Waals surface area contributed by atoms with Crippen LogP contribution in [0.4, 0.5) is 0 Å². The van der Waals surface area contributed by atoms with Gasteiger partial charge in [0, 0.05) is 28.3 Å². The van der Waals surface area contributed by atoms with Gasteiger partial charge in [-0.05, 0) is 36.4 Å². The molecule has 2 aliphatic rings. The molecule has 0 N–H and O–H groups in total. The van der Waals surface area contributed by atoms with E-state index in [1.165, 1.54) is 0 Å². The minimum Gasteiger partial charge on any atom is -0.456 e. The van der Waals surface area contributed by atoms with E-state index >= 15 is 0 Å².